The molecule has 0 bridgehead atoms. The van der Waals surface area contributed by atoms with E-state index in [1.807, 2.05) is 12.1 Å². The second kappa shape index (κ2) is 3.61. The first-order valence-corrected chi connectivity index (χ1v) is 4.68. The molecule has 2 N–H and O–H groups in total. The van der Waals surface area contributed by atoms with Gasteiger partial charge in [-0.1, -0.05) is 18.2 Å². The maximum Gasteiger partial charge on any atom is 0.231 e. The van der Waals surface area contributed by atoms with Crippen LogP contribution in [-0.2, 0) is 6.42 Å². The quantitative estimate of drug-likeness (QED) is 0.730. The number of benzene rings is 1. The number of aromatic hydroxyl groups is 1. The summed E-state index contributed by atoms with van der Waals surface area (Å²) < 4.78 is 0. The lowest BCUT2D eigenvalue weighted by Crippen LogP contribution is -2.06. The van der Waals surface area contributed by atoms with Gasteiger partial charge in [0, 0.05) is 17.3 Å². The highest BCUT2D eigenvalue weighted by Gasteiger charge is 2.08. The van der Waals surface area contributed by atoms with Gasteiger partial charge in [0.05, 0.1) is 5.69 Å². The fraction of sp³-hybridized carbons (Fsp3) is 0.0833. The Morgan fingerprint density at radius 2 is 2.13 bits per heavy atom. The molecule has 0 saturated heterocycles. The molecule has 76 valence electrons. The molecule has 0 aliphatic carbocycles. The number of hydrogen-bond donors (Lipinski definition) is 2. The van der Waals surface area contributed by atoms with E-state index in [1.165, 1.54) is 0 Å². The fourth-order valence-electron chi connectivity index (χ4n) is 1.57. The molecule has 1 heterocycles. The Bertz CT molecular complexity index is 569. The van der Waals surface area contributed by atoms with E-state index in [4.69, 9.17) is 0 Å². The number of nitrogens with one attached hydrogen (secondary N) is 1. The largest absolute Gasteiger partial charge is 0.503 e. The molecule has 1 aromatic carbocycles. The SMILES string of the molecule is C=CCc1[nH]c2ccccc2c(=O)c1O. The number of allylic oxidation sites excluding steroid dienone is 1. The minimum Gasteiger partial charge on any atom is -0.503 e. The van der Waals surface area contributed by atoms with Crippen LogP contribution in [0.15, 0.2) is 41.7 Å². The van der Waals surface area contributed by atoms with Crippen LogP contribution in [-0.4, -0.2) is 10.1 Å². The van der Waals surface area contributed by atoms with Crippen LogP contribution in [0.1, 0.15) is 5.69 Å². The third-order valence-electron chi connectivity index (χ3n) is 2.31. The predicted octanol–water partition coefficient (Wildman–Crippen LogP) is 1.96. The average molecular weight is 201 g/mol. The number of aromatic nitrogens is 1. The van der Waals surface area contributed by atoms with Gasteiger partial charge >= 0.3 is 0 Å². The van der Waals surface area contributed by atoms with E-state index in [1.54, 1.807) is 18.2 Å². The van der Waals surface area contributed by atoms with Gasteiger partial charge in [0.2, 0.25) is 5.43 Å². The summed E-state index contributed by atoms with van der Waals surface area (Å²) in [6.07, 6.45) is 2.09. The van der Waals surface area contributed by atoms with Crippen molar-refractivity contribution in [2.24, 2.45) is 0 Å². The molecule has 0 aliphatic heterocycles. The van der Waals surface area contributed by atoms with Crippen molar-refractivity contribution in [2.75, 3.05) is 0 Å². The van der Waals surface area contributed by atoms with Crippen LogP contribution in [0.3, 0.4) is 0 Å². The zero-order valence-electron chi connectivity index (χ0n) is 8.16. The fourth-order valence-corrected chi connectivity index (χ4v) is 1.57. The third-order valence-corrected chi connectivity index (χ3v) is 2.31. The average Bonchev–Trinajstić information content (AvgIpc) is 2.26. The Labute approximate surface area is 86.7 Å². The molecule has 0 spiro atoms. The Balaban J connectivity index is 2.82. The van der Waals surface area contributed by atoms with E-state index in [2.05, 4.69) is 11.6 Å². The van der Waals surface area contributed by atoms with Crippen molar-refractivity contribution in [3.63, 3.8) is 0 Å². The molecule has 1 aromatic heterocycles. The number of H-pyrrole nitrogens is 1. The van der Waals surface area contributed by atoms with Crippen molar-refractivity contribution in [1.29, 1.82) is 0 Å². The molecule has 0 amide bonds. The normalized spacial score (nSPS) is 10.4. The van der Waals surface area contributed by atoms with Gasteiger partial charge in [0.25, 0.3) is 0 Å². The van der Waals surface area contributed by atoms with Crippen LogP contribution in [0.25, 0.3) is 10.9 Å². The third kappa shape index (κ3) is 1.52. The number of aromatic amines is 1. The number of hydrogen-bond acceptors (Lipinski definition) is 2. The van der Waals surface area contributed by atoms with Crippen molar-refractivity contribution in [3.8, 4) is 5.75 Å². The maximum atomic E-state index is 11.7. The molecule has 2 rings (SSSR count). The molecular weight excluding hydrogens is 190 g/mol. The van der Waals surface area contributed by atoms with Crippen molar-refractivity contribution in [2.45, 2.75) is 6.42 Å². The molecule has 0 saturated carbocycles. The minimum absolute atomic E-state index is 0.214. The van der Waals surface area contributed by atoms with Crippen LogP contribution in [0, 0.1) is 0 Å². The standard InChI is InChI=1S/C12H11NO2/c1-2-5-10-12(15)11(14)8-6-3-4-7-9(8)13-10/h2-4,6-7,15H,1,5H2,(H,13,14). The number of pyridine rings is 1. The maximum absolute atomic E-state index is 11.7. The van der Waals surface area contributed by atoms with Crippen LogP contribution in [0.5, 0.6) is 5.75 Å². The number of fused-ring (bicyclic) bond motifs is 1. The minimum atomic E-state index is -0.332. The second-order valence-electron chi connectivity index (χ2n) is 3.32. The lowest BCUT2D eigenvalue weighted by Gasteiger charge is -2.04. The molecule has 0 atom stereocenters. The summed E-state index contributed by atoms with van der Waals surface area (Å²) in [5.74, 6) is -0.214. The van der Waals surface area contributed by atoms with Crippen LogP contribution < -0.4 is 5.43 Å². The van der Waals surface area contributed by atoms with Crippen molar-refractivity contribution in [1.82, 2.24) is 4.98 Å². The summed E-state index contributed by atoms with van der Waals surface area (Å²) in [5, 5.41) is 10.1. The Morgan fingerprint density at radius 3 is 2.87 bits per heavy atom. The van der Waals surface area contributed by atoms with E-state index in [9.17, 15) is 9.90 Å². The molecule has 0 unspecified atom stereocenters. The van der Waals surface area contributed by atoms with Crippen molar-refractivity contribution in [3.05, 3.63) is 52.8 Å². The van der Waals surface area contributed by atoms with Gasteiger partial charge in [-0.2, -0.15) is 0 Å². The van der Waals surface area contributed by atoms with Gasteiger partial charge in [-0.05, 0) is 12.1 Å². The topological polar surface area (TPSA) is 53.1 Å². The Morgan fingerprint density at radius 1 is 1.40 bits per heavy atom. The van der Waals surface area contributed by atoms with E-state index in [0.29, 0.717) is 17.5 Å². The zero-order chi connectivity index (χ0) is 10.8. The molecule has 0 fully saturated rings. The molecule has 0 aliphatic rings. The molecule has 3 heteroatoms. The van der Waals surface area contributed by atoms with Gasteiger partial charge < -0.3 is 10.1 Å². The smallest absolute Gasteiger partial charge is 0.231 e. The Kier molecular flexibility index (Phi) is 2.29. The van der Waals surface area contributed by atoms with Crippen LogP contribution in [0.4, 0.5) is 0 Å². The first-order valence-electron chi connectivity index (χ1n) is 4.68. The predicted molar refractivity (Wildman–Crippen MR) is 60.1 cm³/mol. The van der Waals surface area contributed by atoms with Crippen molar-refractivity contribution < 1.29 is 5.11 Å². The summed E-state index contributed by atoms with van der Waals surface area (Å²) in [5.41, 5.74) is 0.909. The Hall–Kier alpha value is -2.03. The monoisotopic (exact) mass is 201 g/mol. The van der Waals surface area contributed by atoms with E-state index in [-0.39, 0.29) is 11.2 Å². The first-order chi connectivity index (χ1) is 7.24. The molecule has 3 nitrogen and oxygen atoms in total. The van der Waals surface area contributed by atoms with E-state index in [0.717, 1.165) is 5.52 Å². The summed E-state index contributed by atoms with van der Waals surface area (Å²) in [6.45, 7) is 3.57. The van der Waals surface area contributed by atoms with Crippen LogP contribution in [0.2, 0.25) is 0 Å². The van der Waals surface area contributed by atoms with Gasteiger partial charge in [-0.3, -0.25) is 4.79 Å². The molecular formula is C12H11NO2. The highest BCUT2D eigenvalue weighted by molar-refractivity contribution is 5.80. The summed E-state index contributed by atoms with van der Waals surface area (Å²) >= 11 is 0. The lowest BCUT2D eigenvalue weighted by molar-refractivity contribution is 0.462. The summed E-state index contributed by atoms with van der Waals surface area (Å²) in [7, 11) is 0. The van der Waals surface area contributed by atoms with E-state index < -0.39 is 0 Å². The van der Waals surface area contributed by atoms with Gasteiger partial charge in [-0.15, -0.1) is 6.58 Å². The zero-order valence-corrected chi connectivity index (χ0v) is 8.16. The highest BCUT2D eigenvalue weighted by atomic mass is 16.3. The molecule has 15 heavy (non-hydrogen) atoms. The van der Waals surface area contributed by atoms with Gasteiger partial charge in [0.1, 0.15) is 0 Å². The number of para-hydroxylation sites is 1. The van der Waals surface area contributed by atoms with Gasteiger partial charge in [0.15, 0.2) is 5.75 Å². The van der Waals surface area contributed by atoms with Gasteiger partial charge in [-0.25, -0.2) is 0 Å². The summed E-state index contributed by atoms with van der Waals surface area (Å²) in [4.78, 5) is 14.7. The molecule has 2 aromatic rings. The van der Waals surface area contributed by atoms with Crippen LogP contribution >= 0.6 is 0 Å². The second-order valence-corrected chi connectivity index (χ2v) is 3.32. The highest BCUT2D eigenvalue weighted by Crippen LogP contribution is 2.16. The van der Waals surface area contributed by atoms with E-state index >= 15 is 0 Å². The molecule has 0 radical (unpaired) electrons. The first kappa shape index (κ1) is 9.52. The lowest BCUT2D eigenvalue weighted by atomic mass is 10.1. The number of rotatable bonds is 2. The summed E-state index contributed by atoms with van der Waals surface area (Å²) in [6, 6.07) is 7.10. The van der Waals surface area contributed by atoms with Crippen molar-refractivity contribution >= 4 is 10.9 Å².